The summed E-state index contributed by atoms with van der Waals surface area (Å²) in [4.78, 5) is 28.7. The topological polar surface area (TPSA) is 59.0 Å². The summed E-state index contributed by atoms with van der Waals surface area (Å²) in [6.45, 7) is 2.40. The molecule has 0 radical (unpaired) electrons. The second-order valence-corrected chi connectivity index (χ2v) is 8.56. The highest BCUT2D eigenvalue weighted by atomic mass is 32.1. The predicted octanol–water partition coefficient (Wildman–Crippen LogP) is 5.46. The van der Waals surface area contributed by atoms with E-state index in [4.69, 9.17) is 4.98 Å². The van der Waals surface area contributed by atoms with Crippen LogP contribution in [0.15, 0.2) is 66.3 Å². The predicted molar refractivity (Wildman–Crippen MR) is 119 cm³/mol. The summed E-state index contributed by atoms with van der Waals surface area (Å²) in [5.41, 5.74) is 6.16. The zero-order chi connectivity index (χ0) is 19.8. The lowest BCUT2D eigenvalue weighted by Gasteiger charge is -2.19. The van der Waals surface area contributed by atoms with Crippen LogP contribution >= 0.6 is 22.7 Å². The Hall–Kier alpha value is -3.16. The van der Waals surface area contributed by atoms with Crippen LogP contribution in [0.1, 0.15) is 21.6 Å². The number of carbonyl (C=O) groups excluding carboxylic acids is 1. The molecular weight excluding hydrogens is 400 g/mol. The van der Waals surface area contributed by atoms with Gasteiger partial charge in [-0.15, -0.1) is 11.3 Å². The van der Waals surface area contributed by atoms with Crippen LogP contribution in [-0.4, -0.2) is 20.9 Å². The number of hydrogen-bond acceptors (Lipinski definition) is 6. The van der Waals surface area contributed by atoms with Crippen molar-refractivity contribution < 1.29 is 4.79 Å². The van der Waals surface area contributed by atoms with Crippen molar-refractivity contribution in [2.24, 2.45) is 0 Å². The van der Waals surface area contributed by atoms with E-state index in [1.807, 2.05) is 61.5 Å². The average molecular weight is 417 g/mol. The Morgan fingerprint density at radius 2 is 1.97 bits per heavy atom. The second-order valence-electron chi connectivity index (χ2n) is 6.67. The van der Waals surface area contributed by atoms with E-state index in [1.165, 1.54) is 22.7 Å². The number of carbonyl (C=O) groups is 1. The quantitative estimate of drug-likeness (QED) is 0.390. The first kappa shape index (κ1) is 17.9. The highest BCUT2D eigenvalue weighted by Crippen LogP contribution is 2.32. The van der Waals surface area contributed by atoms with Gasteiger partial charge in [0.15, 0.2) is 5.13 Å². The highest BCUT2D eigenvalue weighted by Gasteiger charge is 2.23. The van der Waals surface area contributed by atoms with E-state index < -0.39 is 0 Å². The van der Waals surface area contributed by atoms with Crippen molar-refractivity contribution in [3.8, 4) is 0 Å². The minimum Gasteiger partial charge on any atom is -0.278 e. The van der Waals surface area contributed by atoms with Gasteiger partial charge in [-0.25, -0.2) is 9.97 Å². The molecule has 0 spiro atoms. The summed E-state index contributed by atoms with van der Waals surface area (Å²) in [7, 11) is 0. The molecule has 29 heavy (non-hydrogen) atoms. The lowest BCUT2D eigenvalue weighted by Crippen LogP contribution is -2.30. The van der Waals surface area contributed by atoms with E-state index in [-0.39, 0.29) is 5.91 Å². The van der Waals surface area contributed by atoms with E-state index in [0.717, 1.165) is 31.7 Å². The third-order valence-corrected chi connectivity index (χ3v) is 6.55. The molecule has 0 atom stereocenters. The molecular formula is C22H16N4OS2. The first-order valence-corrected chi connectivity index (χ1v) is 10.8. The molecule has 3 aromatic heterocycles. The molecule has 0 aliphatic rings. The molecule has 5 nitrogen and oxygen atoms in total. The first-order chi connectivity index (χ1) is 14.2. The number of pyridine rings is 1. The lowest BCUT2D eigenvalue weighted by molar-refractivity contribution is 0.0985. The lowest BCUT2D eigenvalue weighted by atomic mass is 10.2. The Kier molecular flexibility index (Phi) is 4.54. The van der Waals surface area contributed by atoms with Crippen LogP contribution in [0.25, 0.3) is 20.4 Å². The Bertz CT molecular complexity index is 1330. The van der Waals surface area contributed by atoms with Crippen LogP contribution in [0, 0.1) is 6.92 Å². The van der Waals surface area contributed by atoms with Crippen molar-refractivity contribution in [1.82, 2.24) is 15.0 Å². The van der Waals surface area contributed by atoms with Crippen LogP contribution in [0.4, 0.5) is 5.13 Å². The van der Waals surface area contributed by atoms with Gasteiger partial charge in [-0.05, 0) is 48.9 Å². The number of anilines is 1. The SMILES string of the molecule is Cc1cccc2sc(N(Cc3ccccn3)C(=O)c3ccc4ncsc4c3)nc12. The van der Waals surface area contributed by atoms with E-state index >= 15 is 0 Å². The Labute approximate surface area is 175 Å². The molecule has 0 saturated carbocycles. The smallest absolute Gasteiger partial charge is 0.260 e. The molecule has 0 N–H and O–H groups in total. The van der Waals surface area contributed by atoms with Crippen molar-refractivity contribution in [2.75, 3.05) is 4.90 Å². The van der Waals surface area contributed by atoms with Crippen molar-refractivity contribution in [1.29, 1.82) is 0 Å². The van der Waals surface area contributed by atoms with Crippen LogP contribution in [0.5, 0.6) is 0 Å². The summed E-state index contributed by atoms with van der Waals surface area (Å²) in [5.74, 6) is -0.0948. The molecule has 0 unspecified atom stereocenters. The number of aromatic nitrogens is 3. The number of hydrogen-bond donors (Lipinski definition) is 0. The summed E-state index contributed by atoms with van der Waals surface area (Å²) in [6, 6.07) is 17.4. The molecule has 7 heteroatoms. The number of amides is 1. The largest absolute Gasteiger partial charge is 0.278 e. The Morgan fingerprint density at radius 1 is 1.03 bits per heavy atom. The maximum Gasteiger partial charge on any atom is 0.260 e. The molecule has 3 heterocycles. The number of benzene rings is 2. The van der Waals surface area contributed by atoms with E-state index in [9.17, 15) is 4.79 Å². The number of para-hydroxylation sites is 1. The second kappa shape index (κ2) is 7.35. The molecule has 0 bridgehead atoms. The summed E-state index contributed by atoms with van der Waals surface area (Å²) in [5, 5.41) is 0.675. The van der Waals surface area contributed by atoms with Crippen molar-refractivity contribution >= 4 is 54.1 Å². The number of aryl methyl sites for hydroxylation is 1. The molecule has 5 rings (SSSR count). The Balaban J connectivity index is 1.60. The van der Waals surface area contributed by atoms with Gasteiger partial charge in [0.25, 0.3) is 5.91 Å². The summed E-state index contributed by atoms with van der Waals surface area (Å²) in [6.07, 6.45) is 1.74. The van der Waals surface area contributed by atoms with Crippen molar-refractivity contribution in [3.63, 3.8) is 0 Å². The van der Waals surface area contributed by atoms with E-state index in [2.05, 4.69) is 9.97 Å². The van der Waals surface area contributed by atoms with E-state index in [1.54, 1.807) is 16.6 Å². The van der Waals surface area contributed by atoms with E-state index in [0.29, 0.717) is 17.2 Å². The van der Waals surface area contributed by atoms with Gasteiger partial charge in [0.1, 0.15) is 0 Å². The summed E-state index contributed by atoms with van der Waals surface area (Å²) >= 11 is 3.05. The standard InChI is InChI=1S/C22H16N4OS2/c1-14-5-4-7-18-20(14)25-22(29-18)26(12-16-6-2-3-10-23-16)21(27)15-8-9-17-19(11-15)28-13-24-17/h2-11,13H,12H2,1H3. The number of thiazole rings is 2. The minimum absolute atomic E-state index is 0.0948. The average Bonchev–Trinajstić information content (AvgIpc) is 3.39. The monoisotopic (exact) mass is 416 g/mol. The van der Waals surface area contributed by atoms with Crippen LogP contribution < -0.4 is 4.90 Å². The van der Waals surface area contributed by atoms with Crippen LogP contribution in [0.2, 0.25) is 0 Å². The maximum absolute atomic E-state index is 13.5. The molecule has 0 saturated heterocycles. The fraction of sp³-hybridized carbons (Fsp3) is 0.0909. The van der Waals surface area contributed by atoms with Crippen molar-refractivity contribution in [2.45, 2.75) is 13.5 Å². The number of fused-ring (bicyclic) bond motifs is 2. The maximum atomic E-state index is 13.5. The minimum atomic E-state index is -0.0948. The fourth-order valence-corrected chi connectivity index (χ4v) is 4.97. The van der Waals surface area contributed by atoms with Gasteiger partial charge in [0.05, 0.1) is 38.2 Å². The van der Waals surface area contributed by atoms with Gasteiger partial charge in [-0.2, -0.15) is 0 Å². The van der Waals surface area contributed by atoms with Gasteiger partial charge in [0.2, 0.25) is 0 Å². The highest BCUT2D eigenvalue weighted by molar-refractivity contribution is 7.22. The third kappa shape index (κ3) is 3.39. The van der Waals surface area contributed by atoms with Gasteiger partial charge in [-0.3, -0.25) is 14.7 Å². The molecule has 0 aliphatic heterocycles. The van der Waals surface area contributed by atoms with Crippen molar-refractivity contribution in [3.05, 3.63) is 83.1 Å². The molecule has 142 valence electrons. The third-order valence-electron chi connectivity index (χ3n) is 4.71. The van der Waals surface area contributed by atoms with Crippen LogP contribution in [0.3, 0.4) is 0 Å². The molecule has 0 aliphatic carbocycles. The zero-order valence-electron chi connectivity index (χ0n) is 15.6. The molecule has 1 amide bonds. The zero-order valence-corrected chi connectivity index (χ0v) is 17.2. The fourth-order valence-electron chi connectivity index (χ4n) is 3.21. The Morgan fingerprint density at radius 3 is 2.79 bits per heavy atom. The van der Waals surface area contributed by atoms with Gasteiger partial charge in [0, 0.05) is 11.8 Å². The van der Waals surface area contributed by atoms with Gasteiger partial charge in [-0.1, -0.05) is 29.5 Å². The molecule has 0 fully saturated rings. The number of rotatable bonds is 4. The summed E-state index contributed by atoms with van der Waals surface area (Å²) < 4.78 is 2.06. The van der Waals surface area contributed by atoms with Gasteiger partial charge < -0.3 is 0 Å². The molecule has 5 aromatic rings. The van der Waals surface area contributed by atoms with Gasteiger partial charge >= 0.3 is 0 Å². The van der Waals surface area contributed by atoms with Crippen LogP contribution in [-0.2, 0) is 6.54 Å². The first-order valence-electron chi connectivity index (χ1n) is 9.10. The normalized spacial score (nSPS) is 11.2. The number of nitrogens with zero attached hydrogens (tertiary/aromatic N) is 4. The molecule has 2 aromatic carbocycles.